The highest BCUT2D eigenvalue weighted by Crippen LogP contribution is 2.22. The molecule has 0 saturated heterocycles. The van der Waals surface area contributed by atoms with Crippen LogP contribution in [0.1, 0.15) is 108 Å². The van der Waals surface area contributed by atoms with E-state index in [0.717, 1.165) is 38.6 Å². The van der Waals surface area contributed by atoms with Gasteiger partial charge in [0, 0.05) is 36.7 Å². The number of unbranched alkanes of at least 4 members (excludes halogenated alkanes) is 4. The number of carbonyl (C=O) groups excluding carboxylic acids is 5. The lowest BCUT2D eigenvalue weighted by Crippen LogP contribution is -2.24. The van der Waals surface area contributed by atoms with Crippen LogP contribution in [0, 0.1) is 0 Å². The van der Waals surface area contributed by atoms with E-state index in [1.54, 1.807) is 24.3 Å². The largest absolute Gasteiger partial charge is 0.478 e. The number of carboxylic acid groups (broad SMARTS) is 1. The van der Waals surface area contributed by atoms with Crippen molar-refractivity contribution in [2.24, 2.45) is 5.73 Å². The lowest BCUT2D eigenvalue weighted by Gasteiger charge is -2.06. The Kier molecular flexibility index (Phi) is 17.0. The highest BCUT2D eigenvalue weighted by molar-refractivity contribution is 6.07. The average Bonchev–Trinajstić information content (AvgIpc) is 3.62. The monoisotopic (exact) mass is 700 g/mol. The third kappa shape index (κ3) is 12.7. The summed E-state index contributed by atoms with van der Waals surface area (Å²) in [6, 6.07) is 9.43. The first-order valence-corrected chi connectivity index (χ1v) is 16.7. The molecule has 2 aromatic carbocycles. The number of aromatic carboxylic acids is 1. The summed E-state index contributed by atoms with van der Waals surface area (Å²) in [5.41, 5.74) is 7.45. The molecule has 0 aliphatic carbocycles. The third-order valence-corrected chi connectivity index (χ3v) is 7.41. The molecule has 0 spiro atoms. The van der Waals surface area contributed by atoms with Crippen LogP contribution >= 0.6 is 0 Å². The normalized spacial score (nSPS) is 10.4. The molecular formula is C38H48N6O7. The quantitative estimate of drug-likeness (QED) is 0.0694. The zero-order valence-electron chi connectivity index (χ0n) is 29.9. The first-order chi connectivity index (χ1) is 24.2. The summed E-state index contributed by atoms with van der Waals surface area (Å²) in [6.07, 6.45) is 10.0. The first kappa shape index (κ1) is 41.6. The van der Waals surface area contributed by atoms with Crippen molar-refractivity contribution in [3.63, 3.8) is 0 Å². The molecule has 4 N–H and O–H groups in total. The number of aromatic nitrogens is 4. The first-order valence-electron chi connectivity index (χ1n) is 16.7. The van der Waals surface area contributed by atoms with Gasteiger partial charge in [0.15, 0.2) is 23.1 Å². The number of amides is 1. The summed E-state index contributed by atoms with van der Waals surface area (Å²) in [5, 5.41) is 21.4. The molecule has 4 rings (SSSR count). The molecule has 2 heterocycles. The van der Waals surface area contributed by atoms with Crippen molar-refractivity contribution in [1.82, 2.24) is 24.9 Å². The number of fused-ring (bicyclic) bond motifs is 2. The highest BCUT2D eigenvalue weighted by Gasteiger charge is 2.18. The van der Waals surface area contributed by atoms with Crippen molar-refractivity contribution < 1.29 is 33.9 Å². The molecule has 2 aromatic heterocycles. The fourth-order valence-electron chi connectivity index (χ4n) is 4.96. The van der Waals surface area contributed by atoms with Gasteiger partial charge in [0.05, 0.1) is 29.7 Å². The summed E-state index contributed by atoms with van der Waals surface area (Å²) < 4.78 is 2.84. The molecule has 13 nitrogen and oxygen atoms in total. The summed E-state index contributed by atoms with van der Waals surface area (Å²) in [6.45, 7) is 14.4. The van der Waals surface area contributed by atoms with Crippen LogP contribution < -0.4 is 11.1 Å². The predicted octanol–water partition coefficient (Wildman–Crippen LogP) is 5.74. The standard InChI is InChI=1S/C19H23N3O3.C13H12N2O4.C6H13N/c1-4-5-6-7-10-20-19(25)15-8-9-16-17(11-15)22(12-13(2)23)21-18(16)14(3)24;1-7(16)6-15-11-5-9(13(18)19)3-4-10(11)12(14-15)8(2)17;1-2-3-4-5-6-7/h4,8-9,11H,1,5-7,10,12H2,2-3H3,(H,20,25);3-5H,6H2,1-2H3,(H,18,19);2H,1,3-7H2. The van der Waals surface area contributed by atoms with Crippen LogP contribution in [-0.2, 0) is 22.7 Å². The Hall–Kier alpha value is -5.56. The average molecular weight is 701 g/mol. The van der Waals surface area contributed by atoms with Gasteiger partial charge in [-0.1, -0.05) is 12.2 Å². The second-order valence-electron chi connectivity index (χ2n) is 11.9. The Labute approximate surface area is 297 Å². The van der Waals surface area contributed by atoms with Crippen LogP contribution in [0.15, 0.2) is 61.7 Å². The second-order valence-corrected chi connectivity index (χ2v) is 11.9. The molecule has 0 unspecified atom stereocenters. The van der Waals surface area contributed by atoms with Crippen molar-refractivity contribution in [3.8, 4) is 0 Å². The number of benzene rings is 2. The van der Waals surface area contributed by atoms with Crippen molar-refractivity contribution in [2.45, 2.75) is 79.3 Å². The molecule has 1 amide bonds. The second kappa shape index (κ2) is 20.8. The van der Waals surface area contributed by atoms with Gasteiger partial charge in [-0.3, -0.25) is 33.3 Å². The fourth-order valence-corrected chi connectivity index (χ4v) is 4.96. The number of hydrogen-bond donors (Lipinski definition) is 3. The number of ketones is 4. The van der Waals surface area contributed by atoms with E-state index in [9.17, 15) is 28.8 Å². The number of rotatable bonds is 17. The lowest BCUT2D eigenvalue weighted by molar-refractivity contribution is -0.118. The zero-order chi connectivity index (χ0) is 38.1. The molecule has 51 heavy (non-hydrogen) atoms. The number of carbonyl (C=O) groups is 6. The van der Waals surface area contributed by atoms with Crippen molar-refractivity contribution in [3.05, 3.63) is 84.2 Å². The van der Waals surface area contributed by atoms with Crippen LogP contribution in [0.5, 0.6) is 0 Å². The maximum absolute atomic E-state index is 12.3. The van der Waals surface area contributed by atoms with Gasteiger partial charge >= 0.3 is 5.97 Å². The minimum absolute atomic E-state index is 0.00680. The Morgan fingerprint density at radius 2 is 1.18 bits per heavy atom. The van der Waals surface area contributed by atoms with Gasteiger partial charge in [-0.05, 0) is 95.3 Å². The van der Waals surface area contributed by atoms with Gasteiger partial charge in [-0.2, -0.15) is 10.2 Å². The maximum atomic E-state index is 12.3. The van der Waals surface area contributed by atoms with Gasteiger partial charge in [0.2, 0.25) is 0 Å². The van der Waals surface area contributed by atoms with Crippen LogP contribution in [0.25, 0.3) is 21.8 Å². The molecule has 0 radical (unpaired) electrons. The van der Waals surface area contributed by atoms with E-state index in [4.69, 9.17) is 10.8 Å². The lowest BCUT2D eigenvalue weighted by atomic mass is 10.1. The highest BCUT2D eigenvalue weighted by atomic mass is 16.4. The molecule has 0 atom stereocenters. The van der Waals surface area contributed by atoms with E-state index < -0.39 is 5.97 Å². The van der Waals surface area contributed by atoms with E-state index in [-0.39, 0.29) is 53.4 Å². The fraction of sp³-hybridized carbons (Fsp3) is 0.368. The predicted molar refractivity (Wildman–Crippen MR) is 197 cm³/mol. The zero-order valence-corrected chi connectivity index (χ0v) is 29.9. The van der Waals surface area contributed by atoms with Gasteiger partial charge in [-0.15, -0.1) is 13.2 Å². The smallest absolute Gasteiger partial charge is 0.335 e. The molecule has 272 valence electrons. The number of Topliss-reactive ketones (excluding diaryl/α,β-unsaturated/α-hetero) is 4. The number of carboxylic acids is 1. The Bertz CT molecular complexity index is 1900. The summed E-state index contributed by atoms with van der Waals surface area (Å²) >= 11 is 0. The van der Waals surface area contributed by atoms with Gasteiger partial charge in [0.1, 0.15) is 11.4 Å². The van der Waals surface area contributed by atoms with Crippen molar-refractivity contribution in [2.75, 3.05) is 13.1 Å². The number of nitrogens with zero attached hydrogens (tertiary/aromatic N) is 4. The molecule has 0 bridgehead atoms. The third-order valence-electron chi connectivity index (χ3n) is 7.41. The Balaban J connectivity index is 0.000000305. The number of nitrogens with one attached hydrogen (secondary N) is 1. The molecule has 0 saturated carbocycles. The van der Waals surface area contributed by atoms with E-state index in [1.807, 2.05) is 12.2 Å². The number of nitrogens with two attached hydrogens (primary N) is 1. The Morgan fingerprint density at radius 3 is 1.59 bits per heavy atom. The van der Waals surface area contributed by atoms with Crippen LogP contribution in [-0.4, -0.2) is 72.8 Å². The van der Waals surface area contributed by atoms with Crippen LogP contribution in [0.3, 0.4) is 0 Å². The Morgan fingerprint density at radius 1 is 0.725 bits per heavy atom. The molecule has 0 aliphatic heterocycles. The van der Waals surface area contributed by atoms with E-state index in [2.05, 4.69) is 28.7 Å². The summed E-state index contributed by atoms with van der Waals surface area (Å²) in [7, 11) is 0. The van der Waals surface area contributed by atoms with E-state index >= 15 is 0 Å². The van der Waals surface area contributed by atoms with Gasteiger partial charge in [-0.25, -0.2) is 4.79 Å². The van der Waals surface area contributed by atoms with E-state index in [1.165, 1.54) is 55.6 Å². The summed E-state index contributed by atoms with van der Waals surface area (Å²) in [4.78, 5) is 69.2. The van der Waals surface area contributed by atoms with Crippen molar-refractivity contribution in [1.29, 1.82) is 0 Å². The molecular weight excluding hydrogens is 652 g/mol. The topological polar surface area (TPSA) is 196 Å². The number of allylic oxidation sites excluding steroid dienone is 2. The minimum Gasteiger partial charge on any atom is -0.478 e. The van der Waals surface area contributed by atoms with Crippen LogP contribution in [0.4, 0.5) is 0 Å². The molecule has 0 fully saturated rings. The molecule has 13 heteroatoms. The maximum Gasteiger partial charge on any atom is 0.335 e. The molecule has 4 aromatic rings. The van der Waals surface area contributed by atoms with Gasteiger partial charge in [0.25, 0.3) is 5.91 Å². The summed E-state index contributed by atoms with van der Waals surface area (Å²) in [5.74, 6) is -1.85. The van der Waals surface area contributed by atoms with E-state index in [0.29, 0.717) is 39.6 Å². The number of hydrogen-bond acceptors (Lipinski definition) is 9. The molecule has 0 aliphatic rings. The van der Waals surface area contributed by atoms with Gasteiger partial charge < -0.3 is 16.2 Å². The minimum atomic E-state index is -1.07. The van der Waals surface area contributed by atoms with Crippen molar-refractivity contribution >= 4 is 56.8 Å². The SMILES string of the molecule is C=CCCCCN.C=CCCCCNC(=O)c1ccc2c(C(C)=O)nn(CC(C)=O)c2c1.CC(=O)Cn1nc(C(C)=O)c2ccc(C(=O)O)cc21. The van der Waals surface area contributed by atoms with Crippen LogP contribution in [0.2, 0.25) is 0 Å².